The van der Waals surface area contributed by atoms with Gasteiger partial charge in [0.15, 0.2) is 5.96 Å². The van der Waals surface area contributed by atoms with Crippen molar-refractivity contribution >= 4 is 29.9 Å². The molecule has 1 atom stereocenters. The summed E-state index contributed by atoms with van der Waals surface area (Å²) in [6.07, 6.45) is -0.576. The van der Waals surface area contributed by atoms with Gasteiger partial charge < -0.3 is 24.9 Å². The molecule has 30 heavy (non-hydrogen) atoms. The van der Waals surface area contributed by atoms with Gasteiger partial charge >= 0.3 is 6.18 Å². The molecule has 0 aromatic carbocycles. The first-order valence-corrected chi connectivity index (χ1v) is 9.38. The maximum Gasteiger partial charge on any atom is 0.424 e. The fourth-order valence-corrected chi connectivity index (χ4v) is 2.85. The van der Waals surface area contributed by atoms with E-state index in [1.165, 1.54) is 19.4 Å². The number of guanidine groups is 1. The van der Waals surface area contributed by atoms with Gasteiger partial charge in [-0.25, -0.2) is 4.98 Å². The van der Waals surface area contributed by atoms with Crippen molar-refractivity contribution in [2.45, 2.75) is 45.0 Å². The van der Waals surface area contributed by atoms with E-state index in [9.17, 15) is 18.3 Å². The highest BCUT2D eigenvalue weighted by Crippen LogP contribution is 2.40. The number of nitrogens with zero attached hydrogens (tertiary/aromatic N) is 6. The third kappa shape index (κ3) is 6.30. The molecule has 13 heteroatoms. The van der Waals surface area contributed by atoms with Gasteiger partial charge in [-0.15, -0.1) is 34.2 Å². The van der Waals surface area contributed by atoms with E-state index < -0.39 is 24.0 Å². The van der Waals surface area contributed by atoms with E-state index >= 15 is 0 Å². The maximum absolute atomic E-state index is 13.6. The second-order valence-electron chi connectivity index (χ2n) is 6.45. The molecule has 2 aromatic rings. The smallest absolute Gasteiger partial charge is 0.374 e. The summed E-state index contributed by atoms with van der Waals surface area (Å²) in [5, 5.41) is 24.2. The number of alkyl halides is 3. The lowest BCUT2D eigenvalue weighted by molar-refractivity contribution is -0.272. The van der Waals surface area contributed by atoms with Gasteiger partial charge in [0.25, 0.3) is 0 Å². The van der Waals surface area contributed by atoms with Gasteiger partial charge in [0.1, 0.15) is 18.0 Å². The third-order valence-corrected chi connectivity index (χ3v) is 4.40. The van der Waals surface area contributed by atoms with Crippen LogP contribution in [0.1, 0.15) is 31.9 Å². The van der Waals surface area contributed by atoms with E-state index in [4.69, 9.17) is 0 Å². The fourth-order valence-electron chi connectivity index (χ4n) is 2.85. The number of hydrogen-bond acceptors (Lipinski definition) is 5. The molecule has 0 aliphatic carbocycles. The predicted molar refractivity (Wildman–Crippen MR) is 117 cm³/mol. The van der Waals surface area contributed by atoms with Crippen LogP contribution in [-0.2, 0) is 25.6 Å². The summed E-state index contributed by atoms with van der Waals surface area (Å²) in [5.41, 5.74) is -3.08. The molecule has 0 amide bonds. The summed E-state index contributed by atoms with van der Waals surface area (Å²) in [5.74, 6) is 0.750. The molecule has 3 N–H and O–H groups in total. The highest BCUT2D eigenvalue weighted by molar-refractivity contribution is 14.0. The van der Waals surface area contributed by atoms with E-state index in [-0.39, 0.29) is 30.5 Å². The summed E-state index contributed by atoms with van der Waals surface area (Å²) in [4.78, 5) is 7.85. The van der Waals surface area contributed by atoms with E-state index in [1.807, 2.05) is 18.4 Å². The van der Waals surface area contributed by atoms with Crippen LogP contribution in [0.25, 0.3) is 0 Å². The molecule has 0 aliphatic rings. The van der Waals surface area contributed by atoms with Crippen molar-refractivity contribution in [1.29, 1.82) is 0 Å². The summed E-state index contributed by atoms with van der Waals surface area (Å²) < 4.78 is 43.7. The van der Waals surface area contributed by atoms with Crippen molar-refractivity contribution in [3.63, 3.8) is 0 Å². The average Bonchev–Trinajstić information content (AvgIpc) is 3.29. The monoisotopic (exact) mass is 544 g/mol. The Bertz CT molecular complexity index is 807. The molecule has 0 spiro atoms. The molecule has 0 fully saturated rings. The van der Waals surface area contributed by atoms with Gasteiger partial charge in [-0.2, -0.15) is 13.2 Å². The second kappa shape index (κ2) is 11.5. The lowest BCUT2D eigenvalue weighted by Gasteiger charge is -2.29. The normalized spacial score (nSPS) is 14.2. The third-order valence-electron chi connectivity index (χ3n) is 4.40. The van der Waals surface area contributed by atoms with Crippen LogP contribution in [0.5, 0.6) is 0 Å². The summed E-state index contributed by atoms with van der Waals surface area (Å²) in [6.45, 7) is 5.20. The molecule has 1 unspecified atom stereocenters. The SMILES string of the molecule is CCNC(=NCCC(O)(c1nccn1C)C(F)(F)F)NCCn1cnnc1CC.I. The van der Waals surface area contributed by atoms with Gasteiger partial charge in [-0.3, -0.25) is 4.99 Å². The Morgan fingerprint density at radius 1 is 1.27 bits per heavy atom. The Hall–Kier alpha value is -1.90. The van der Waals surface area contributed by atoms with E-state index in [0.29, 0.717) is 25.6 Å². The van der Waals surface area contributed by atoms with Crippen molar-refractivity contribution in [3.05, 3.63) is 30.4 Å². The van der Waals surface area contributed by atoms with E-state index in [1.54, 1.807) is 6.33 Å². The highest BCUT2D eigenvalue weighted by atomic mass is 127. The Morgan fingerprint density at radius 2 is 2.00 bits per heavy atom. The van der Waals surface area contributed by atoms with Crippen LogP contribution in [0.4, 0.5) is 13.2 Å². The molecular formula is C17H28F3IN8O. The number of halogens is 4. The van der Waals surface area contributed by atoms with Gasteiger partial charge in [-0.1, -0.05) is 6.92 Å². The number of aromatic nitrogens is 5. The van der Waals surface area contributed by atoms with Crippen molar-refractivity contribution < 1.29 is 18.3 Å². The minimum atomic E-state index is -4.88. The van der Waals surface area contributed by atoms with Gasteiger partial charge in [0, 0.05) is 58.5 Å². The number of nitrogens with one attached hydrogen (secondary N) is 2. The van der Waals surface area contributed by atoms with Crippen LogP contribution in [0.15, 0.2) is 23.7 Å². The molecule has 0 radical (unpaired) electrons. The van der Waals surface area contributed by atoms with Crippen LogP contribution >= 0.6 is 24.0 Å². The van der Waals surface area contributed by atoms with Gasteiger partial charge in [0.2, 0.25) is 5.60 Å². The Labute approximate surface area is 190 Å². The molecule has 2 aromatic heterocycles. The lowest BCUT2D eigenvalue weighted by atomic mass is 9.98. The summed E-state index contributed by atoms with van der Waals surface area (Å²) >= 11 is 0. The van der Waals surface area contributed by atoms with Crippen molar-refractivity contribution in [2.75, 3.05) is 19.6 Å². The van der Waals surface area contributed by atoms with Crippen molar-refractivity contribution in [3.8, 4) is 0 Å². The second-order valence-corrected chi connectivity index (χ2v) is 6.45. The maximum atomic E-state index is 13.6. The Kier molecular flexibility index (Phi) is 10.0. The molecule has 0 aliphatic heterocycles. The van der Waals surface area contributed by atoms with E-state index in [2.05, 4.69) is 30.8 Å². The first-order valence-electron chi connectivity index (χ1n) is 9.38. The van der Waals surface area contributed by atoms with E-state index in [0.717, 1.165) is 16.8 Å². The number of aliphatic imine (C=N–C) groups is 1. The predicted octanol–water partition coefficient (Wildman–Crippen LogP) is 1.59. The molecule has 0 saturated heterocycles. The van der Waals surface area contributed by atoms with Crippen LogP contribution in [0, 0.1) is 0 Å². The Morgan fingerprint density at radius 3 is 2.57 bits per heavy atom. The van der Waals surface area contributed by atoms with Crippen molar-refractivity contribution in [1.82, 2.24) is 34.9 Å². The molecule has 2 heterocycles. The molecular weight excluding hydrogens is 516 g/mol. The standard InChI is InChI=1S/C17H27F3N8O.HI/c1-4-13-26-25-12-28(13)11-9-24-15(21-5-2)23-7-6-16(29,17(18,19)20)14-22-8-10-27(14)3;/h8,10,12,29H,4-7,9,11H2,1-3H3,(H2,21,23,24);1H. The summed E-state index contributed by atoms with van der Waals surface area (Å²) in [7, 11) is 1.41. The van der Waals surface area contributed by atoms with Gasteiger partial charge in [-0.05, 0) is 6.92 Å². The number of rotatable bonds is 9. The van der Waals surface area contributed by atoms with Crippen LogP contribution in [0.3, 0.4) is 0 Å². The average molecular weight is 544 g/mol. The summed E-state index contributed by atoms with van der Waals surface area (Å²) in [6, 6.07) is 0. The zero-order valence-corrected chi connectivity index (χ0v) is 19.5. The molecule has 0 bridgehead atoms. The van der Waals surface area contributed by atoms with Gasteiger partial charge in [0.05, 0.1) is 0 Å². The Balaban J connectivity index is 0.00000450. The fraction of sp³-hybridized carbons (Fsp3) is 0.647. The van der Waals surface area contributed by atoms with Crippen molar-refractivity contribution in [2.24, 2.45) is 12.0 Å². The number of imidazole rings is 1. The lowest BCUT2D eigenvalue weighted by Crippen LogP contribution is -2.45. The quantitative estimate of drug-likeness (QED) is 0.252. The van der Waals surface area contributed by atoms with Crippen LogP contribution in [-0.4, -0.2) is 61.2 Å². The number of aliphatic hydroxyl groups is 1. The minimum absolute atomic E-state index is 0. The molecule has 0 saturated carbocycles. The first-order chi connectivity index (χ1) is 13.7. The molecule has 170 valence electrons. The topological polar surface area (TPSA) is 105 Å². The largest absolute Gasteiger partial charge is 0.424 e. The number of aryl methyl sites for hydroxylation is 2. The molecule has 9 nitrogen and oxygen atoms in total. The zero-order valence-electron chi connectivity index (χ0n) is 17.1. The van der Waals surface area contributed by atoms with Crippen LogP contribution in [0.2, 0.25) is 0 Å². The molecule has 2 rings (SSSR count). The minimum Gasteiger partial charge on any atom is -0.374 e. The first kappa shape index (κ1) is 26.1. The zero-order chi connectivity index (χ0) is 21.5. The number of hydrogen-bond donors (Lipinski definition) is 3. The highest BCUT2D eigenvalue weighted by Gasteiger charge is 2.57. The van der Waals surface area contributed by atoms with Crippen LogP contribution < -0.4 is 10.6 Å².